The van der Waals surface area contributed by atoms with Gasteiger partial charge in [0.15, 0.2) is 0 Å². The fourth-order valence-electron chi connectivity index (χ4n) is 5.22. The number of aromatic amines is 1. The maximum absolute atomic E-state index is 13.4. The van der Waals surface area contributed by atoms with Crippen LogP contribution in [0.2, 0.25) is 0 Å². The summed E-state index contributed by atoms with van der Waals surface area (Å²) < 4.78 is 13.4. The van der Waals surface area contributed by atoms with Gasteiger partial charge in [-0.25, -0.2) is 4.39 Å². The average molecular weight is 428 g/mol. The van der Waals surface area contributed by atoms with Gasteiger partial charge in [-0.05, 0) is 72.6 Å². The van der Waals surface area contributed by atoms with Crippen molar-refractivity contribution in [2.75, 3.05) is 13.1 Å². The van der Waals surface area contributed by atoms with Crippen LogP contribution in [-0.2, 0) is 11.2 Å². The Bertz CT molecular complexity index is 1050. The van der Waals surface area contributed by atoms with Gasteiger partial charge in [-0.15, -0.1) is 12.4 Å². The number of halogens is 2. The zero-order valence-corrected chi connectivity index (χ0v) is 17.6. The highest BCUT2D eigenvalue weighted by atomic mass is 35.5. The van der Waals surface area contributed by atoms with E-state index in [1.54, 1.807) is 12.1 Å². The van der Waals surface area contributed by atoms with Crippen molar-refractivity contribution >= 4 is 29.2 Å². The Morgan fingerprint density at radius 2 is 1.87 bits per heavy atom. The van der Waals surface area contributed by atoms with Crippen LogP contribution >= 0.6 is 12.4 Å². The van der Waals surface area contributed by atoms with Gasteiger partial charge in [-0.1, -0.05) is 18.2 Å². The lowest BCUT2D eigenvalue weighted by Crippen LogP contribution is -2.33. The van der Waals surface area contributed by atoms with Crippen LogP contribution in [-0.4, -0.2) is 34.9 Å². The number of likely N-dealkylation sites (tertiary alicyclic amines) is 1. The SMILES string of the molecule is Cl.NC1CCC2CN(C(=O)CCc3c(-c4ccc(F)cc4)[nH]c4ccccc34)CC12. The number of fused-ring (bicyclic) bond motifs is 2. The molecule has 30 heavy (non-hydrogen) atoms. The van der Waals surface area contributed by atoms with Crippen LogP contribution in [0.4, 0.5) is 4.39 Å². The Morgan fingerprint density at radius 1 is 1.10 bits per heavy atom. The van der Waals surface area contributed by atoms with Gasteiger partial charge in [0.1, 0.15) is 5.82 Å². The van der Waals surface area contributed by atoms with Crippen molar-refractivity contribution in [3.8, 4) is 11.3 Å². The van der Waals surface area contributed by atoms with Crippen molar-refractivity contribution in [2.24, 2.45) is 17.6 Å². The largest absolute Gasteiger partial charge is 0.354 e. The van der Waals surface area contributed by atoms with Crippen LogP contribution in [0.1, 0.15) is 24.8 Å². The number of hydrogen-bond acceptors (Lipinski definition) is 2. The molecule has 3 unspecified atom stereocenters. The standard InChI is InChI=1S/C24H26FN3O.ClH/c25-17-8-5-15(6-9-17)24-19(18-3-1-2-4-22(18)27-24)10-12-23(29)28-13-16-7-11-21(26)20(16)14-28;/h1-6,8-9,16,20-21,27H,7,10-14,26H2;1H. The lowest BCUT2D eigenvalue weighted by molar-refractivity contribution is -0.130. The van der Waals surface area contributed by atoms with Crippen molar-refractivity contribution in [3.05, 3.63) is 59.9 Å². The zero-order chi connectivity index (χ0) is 20.0. The molecule has 2 aliphatic rings. The van der Waals surface area contributed by atoms with Crippen LogP contribution in [0.25, 0.3) is 22.2 Å². The van der Waals surface area contributed by atoms with E-state index >= 15 is 0 Å². The highest BCUT2D eigenvalue weighted by molar-refractivity contribution is 5.91. The van der Waals surface area contributed by atoms with Crippen molar-refractivity contribution < 1.29 is 9.18 Å². The van der Waals surface area contributed by atoms with E-state index < -0.39 is 0 Å². The Labute approximate surface area is 182 Å². The number of nitrogens with zero attached hydrogens (tertiary/aromatic N) is 1. The Balaban J connectivity index is 0.00000218. The molecule has 2 heterocycles. The summed E-state index contributed by atoms with van der Waals surface area (Å²) in [6.45, 7) is 1.67. The summed E-state index contributed by atoms with van der Waals surface area (Å²) in [4.78, 5) is 18.4. The second-order valence-corrected chi connectivity index (χ2v) is 8.49. The molecule has 1 aromatic heterocycles. The van der Waals surface area contributed by atoms with Crippen LogP contribution in [0.15, 0.2) is 48.5 Å². The molecule has 2 aromatic carbocycles. The van der Waals surface area contributed by atoms with E-state index in [4.69, 9.17) is 5.73 Å². The molecule has 0 spiro atoms. The highest BCUT2D eigenvalue weighted by Gasteiger charge is 2.42. The fraction of sp³-hybridized carbons (Fsp3) is 0.375. The minimum Gasteiger partial charge on any atom is -0.354 e. The van der Waals surface area contributed by atoms with Gasteiger partial charge in [-0.3, -0.25) is 4.79 Å². The van der Waals surface area contributed by atoms with E-state index in [9.17, 15) is 9.18 Å². The number of nitrogens with two attached hydrogens (primary N) is 1. The van der Waals surface area contributed by atoms with Gasteiger partial charge in [0.2, 0.25) is 5.91 Å². The van der Waals surface area contributed by atoms with Crippen molar-refractivity contribution in [2.45, 2.75) is 31.7 Å². The van der Waals surface area contributed by atoms with Crippen molar-refractivity contribution in [1.29, 1.82) is 0 Å². The molecule has 6 heteroatoms. The average Bonchev–Trinajstić information content (AvgIpc) is 3.41. The van der Waals surface area contributed by atoms with Crippen molar-refractivity contribution in [1.82, 2.24) is 9.88 Å². The quantitative estimate of drug-likeness (QED) is 0.642. The number of carbonyl (C=O) groups excluding carboxylic acids is 1. The third-order valence-electron chi connectivity index (χ3n) is 6.80. The third-order valence-corrected chi connectivity index (χ3v) is 6.80. The minimum atomic E-state index is -0.251. The molecule has 0 radical (unpaired) electrons. The number of aromatic nitrogens is 1. The molecule has 5 rings (SSSR count). The van der Waals surface area contributed by atoms with Gasteiger partial charge in [0.25, 0.3) is 0 Å². The molecule has 3 atom stereocenters. The first-order valence-corrected chi connectivity index (χ1v) is 10.5. The summed E-state index contributed by atoms with van der Waals surface area (Å²) in [5, 5.41) is 1.12. The molecular weight excluding hydrogens is 401 g/mol. The predicted molar refractivity (Wildman–Crippen MR) is 120 cm³/mol. The van der Waals surface area contributed by atoms with Crippen LogP contribution in [0.3, 0.4) is 0 Å². The van der Waals surface area contributed by atoms with E-state index in [0.29, 0.717) is 24.7 Å². The Hall–Kier alpha value is -2.37. The number of nitrogens with one attached hydrogen (secondary N) is 1. The van der Waals surface area contributed by atoms with Crippen molar-refractivity contribution in [3.63, 3.8) is 0 Å². The zero-order valence-electron chi connectivity index (χ0n) is 16.8. The predicted octanol–water partition coefficient (Wildman–Crippen LogP) is 4.52. The Kier molecular flexibility index (Phi) is 5.85. The molecule has 1 saturated carbocycles. The number of aryl methyl sites for hydroxylation is 1. The first kappa shape index (κ1) is 20.9. The van der Waals surface area contributed by atoms with Gasteiger partial charge < -0.3 is 15.6 Å². The van der Waals surface area contributed by atoms with Crippen LogP contribution < -0.4 is 5.73 Å². The monoisotopic (exact) mass is 427 g/mol. The third kappa shape index (κ3) is 3.72. The number of H-pyrrole nitrogens is 1. The topological polar surface area (TPSA) is 62.1 Å². The van der Waals surface area contributed by atoms with E-state index in [2.05, 4.69) is 11.1 Å². The van der Waals surface area contributed by atoms with Crippen LogP contribution in [0.5, 0.6) is 0 Å². The Morgan fingerprint density at radius 3 is 2.63 bits per heavy atom. The number of rotatable bonds is 4. The molecule has 1 amide bonds. The number of amides is 1. The van der Waals surface area contributed by atoms with E-state index in [0.717, 1.165) is 53.7 Å². The molecule has 1 saturated heterocycles. The first-order chi connectivity index (χ1) is 14.1. The molecule has 158 valence electrons. The fourth-order valence-corrected chi connectivity index (χ4v) is 5.22. The van der Waals surface area contributed by atoms with Gasteiger partial charge >= 0.3 is 0 Å². The van der Waals surface area contributed by atoms with Crippen LogP contribution in [0, 0.1) is 17.7 Å². The molecule has 3 N–H and O–H groups in total. The lowest BCUT2D eigenvalue weighted by Gasteiger charge is -2.19. The molecule has 4 nitrogen and oxygen atoms in total. The summed E-state index contributed by atoms with van der Waals surface area (Å²) in [7, 11) is 0. The molecule has 1 aliphatic heterocycles. The maximum Gasteiger partial charge on any atom is 0.222 e. The van der Waals surface area contributed by atoms with Gasteiger partial charge in [0.05, 0.1) is 0 Å². The molecule has 0 bridgehead atoms. The molecule has 1 aliphatic carbocycles. The summed E-state index contributed by atoms with van der Waals surface area (Å²) >= 11 is 0. The number of para-hydroxylation sites is 1. The summed E-state index contributed by atoms with van der Waals surface area (Å²) in [5.74, 6) is 1.01. The molecule has 2 fully saturated rings. The second kappa shape index (κ2) is 8.40. The smallest absolute Gasteiger partial charge is 0.222 e. The van der Waals surface area contributed by atoms with Gasteiger partial charge in [0, 0.05) is 42.1 Å². The van der Waals surface area contributed by atoms with E-state index in [1.165, 1.54) is 12.1 Å². The normalized spacial score (nSPS) is 22.9. The maximum atomic E-state index is 13.4. The second-order valence-electron chi connectivity index (χ2n) is 8.49. The molecule has 3 aromatic rings. The summed E-state index contributed by atoms with van der Waals surface area (Å²) in [6.07, 6.45) is 3.37. The number of benzene rings is 2. The number of hydrogen-bond donors (Lipinski definition) is 2. The lowest BCUT2D eigenvalue weighted by atomic mass is 9.98. The highest BCUT2D eigenvalue weighted by Crippen LogP contribution is 2.38. The van der Waals surface area contributed by atoms with Gasteiger partial charge in [-0.2, -0.15) is 0 Å². The summed E-state index contributed by atoms with van der Waals surface area (Å²) in [6, 6.07) is 14.9. The van der Waals surface area contributed by atoms with E-state index in [1.807, 2.05) is 23.1 Å². The number of carbonyl (C=O) groups is 1. The minimum absolute atomic E-state index is 0. The summed E-state index contributed by atoms with van der Waals surface area (Å²) in [5.41, 5.74) is 10.3. The molecular formula is C24H27ClFN3O. The van der Waals surface area contributed by atoms with E-state index in [-0.39, 0.29) is 30.2 Å². The first-order valence-electron chi connectivity index (χ1n) is 10.5.